The van der Waals surface area contributed by atoms with Crippen molar-refractivity contribution in [1.82, 2.24) is 20.9 Å². The highest BCUT2D eigenvalue weighted by atomic mass is 32.1. The van der Waals surface area contributed by atoms with Gasteiger partial charge < -0.3 is 20.7 Å². The number of carbonyl (C=O) groups is 1. The maximum atomic E-state index is 12.0. The number of nitrogens with zero attached hydrogens (tertiary/aromatic N) is 2. The molecular formula is C18H33N5O2S. The smallest absolute Gasteiger partial charge is 0.407 e. The highest BCUT2D eigenvalue weighted by Gasteiger charge is 2.19. The van der Waals surface area contributed by atoms with Crippen molar-refractivity contribution in [3.63, 3.8) is 0 Å². The molecule has 1 aromatic heterocycles. The van der Waals surface area contributed by atoms with E-state index >= 15 is 0 Å². The van der Waals surface area contributed by atoms with Crippen molar-refractivity contribution < 1.29 is 9.53 Å². The lowest BCUT2D eigenvalue weighted by molar-refractivity contribution is 0.0502. The maximum absolute atomic E-state index is 12.0. The van der Waals surface area contributed by atoms with Gasteiger partial charge in [0.25, 0.3) is 0 Å². The number of aryl methyl sites for hydroxylation is 1. The van der Waals surface area contributed by atoms with Gasteiger partial charge in [0.1, 0.15) is 10.6 Å². The number of carbonyl (C=O) groups excluding carboxylic acids is 1. The van der Waals surface area contributed by atoms with Gasteiger partial charge in [-0.2, -0.15) is 0 Å². The Morgan fingerprint density at radius 1 is 1.35 bits per heavy atom. The predicted octanol–water partition coefficient (Wildman–Crippen LogP) is 3.06. The Morgan fingerprint density at radius 3 is 2.62 bits per heavy atom. The number of hydrogen-bond acceptors (Lipinski definition) is 5. The van der Waals surface area contributed by atoms with E-state index in [4.69, 9.17) is 4.74 Å². The van der Waals surface area contributed by atoms with E-state index in [0.29, 0.717) is 19.0 Å². The number of nitrogens with one attached hydrogen (secondary N) is 3. The van der Waals surface area contributed by atoms with E-state index in [0.717, 1.165) is 24.3 Å². The van der Waals surface area contributed by atoms with Crippen LogP contribution in [0.1, 0.15) is 57.3 Å². The summed E-state index contributed by atoms with van der Waals surface area (Å²) in [6.07, 6.45) is 4.35. The van der Waals surface area contributed by atoms with Crippen LogP contribution in [0.3, 0.4) is 0 Å². The SMILES string of the molecule is CCCC(CNC(=NC)NCc1ncc(CC)s1)NC(=O)OC(C)(C)C. The van der Waals surface area contributed by atoms with Gasteiger partial charge in [0.05, 0.1) is 6.54 Å². The summed E-state index contributed by atoms with van der Waals surface area (Å²) >= 11 is 1.70. The molecule has 3 N–H and O–H groups in total. The average Bonchev–Trinajstić information content (AvgIpc) is 3.01. The molecule has 0 fully saturated rings. The molecule has 8 heteroatoms. The minimum Gasteiger partial charge on any atom is -0.444 e. The van der Waals surface area contributed by atoms with Crippen LogP contribution in [0.2, 0.25) is 0 Å². The van der Waals surface area contributed by atoms with Gasteiger partial charge in [0.15, 0.2) is 5.96 Å². The first-order valence-electron chi connectivity index (χ1n) is 9.15. The van der Waals surface area contributed by atoms with Crippen LogP contribution in [0.4, 0.5) is 4.79 Å². The first kappa shape index (κ1) is 22.2. The minimum atomic E-state index is -0.503. The molecule has 0 aliphatic rings. The number of alkyl carbamates (subject to hydrolysis) is 1. The number of aliphatic imine (C=N–C) groups is 1. The lowest BCUT2D eigenvalue weighted by Crippen LogP contribution is -2.48. The Balaban J connectivity index is 2.47. The van der Waals surface area contributed by atoms with Crippen molar-refractivity contribution in [3.8, 4) is 0 Å². The summed E-state index contributed by atoms with van der Waals surface area (Å²) in [5.41, 5.74) is -0.503. The molecule has 148 valence electrons. The van der Waals surface area contributed by atoms with Crippen molar-refractivity contribution in [2.24, 2.45) is 4.99 Å². The molecule has 0 aromatic carbocycles. The van der Waals surface area contributed by atoms with Gasteiger partial charge in [0, 0.05) is 30.7 Å². The zero-order valence-electron chi connectivity index (χ0n) is 16.8. The molecule has 0 aliphatic heterocycles. The molecular weight excluding hydrogens is 350 g/mol. The van der Waals surface area contributed by atoms with Gasteiger partial charge in [-0.15, -0.1) is 11.3 Å². The van der Waals surface area contributed by atoms with E-state index in [1.807, 2.05) is 27.0 Å². The largest absolute Gasteiger partial charge is 0.444 e. The molecule has 26 heavy (non-hydrogen) atoms. The Morgan fingerprint density at radius 2 is 2.08 bits per heavy atom. The molecule has 7 nitrogen and oxygen atoms in total. The van der Waals surface area contributed by atoms with Gasteiger partial charge in [-0.25, -0.2) is 9.78 Å². The summed E-state index contributed by atoms with van der Waals surface area (Å²) in [5.74, 6) is 0.686. The summed E-state index contributed by atoms with van der Waals surface area (Å²) in [5, 5.41) is 10.5. The second-order valence-electron chi connectivity index (χ2n) is 7.01. The Kier molecular flexibility index (Phi) is 9.40. The maximum Gasteiger partial charge on any atom is 0.407 e. The Bertz CT molecular complexity index is 580. The van der Waals surface area contributed by atoms with Crippen LogP contribution in [0, 0.1) is 0 Å². The molecule has 0 spiro atoms. The third kappa shape index (κ3) is 9.03. The predicted molar refractivity (Wildman–Crippen MR) is 108 cm³/mol. The van der Waals surface area contributed by atoms with E-state index in [1.54, 1.807) is 18.4 Å². The molecule has 1 heterocycles. The fourth-order valence-electron chi connectivity index (χ4n) is 2.24. The zero-order valence-corrected chi connectivity index (χ0v) is 17.6. The highest BCUT2D eigenvalue weighted by molar-refractivity contribution is 7.11. The normalized spacial score (nSPS) is 13.2. The molecule has 0 aliphatic carbocycles. The van der Waals surface area contributed by atoms with E-state index in [9.17, 15) is 4.79 Å². The van der Waals surface area contributed by atoms with Crippen molar-refractivity contribution >= 4 is 23.4 Å². The van der Waals surface area contributed by atoms with Crippen LogP contribution in [-0.2, 0) is 17.7 Å². The number of amides is 1. The summed E-state index contributed by atoms with van der Waals surface area (Å²) in [4.78, 5) is 21.9. The van der Waals surface area contributed by atoms with Crippen LogP contribution in [0.5, 0.6) is 0 Å². The molecule has 0 saturated carbocycles. The van der Waals surface area contributed by atoms with Gasteiger partial charge >= 0.3 is 6.09 Å². The molecule has 1 atom stereocenters. The Labute approximate surface area is 161 Å². The summed E-state index contributed by atoms with van der Waals surface area (Å²) < 4.78 is 5.34. The molecule has 1 unspecified atom stereocenters. The number of rotatable bonds is 8. The highest BCUT2D eigenvalue weighted by Crippen LogP contribution is 2.12. The van der Waals surface area contributed by atoms with Crippen LogP contribution in [-0.4, -0.2) is 42.3 Å². The quantitative estimate of drug-likeness (QED) is 0.474. The fraction of sp³-hybridized carbons (Fsp3) is 0.722. The lowest BCUT2D eigenvalue weighted by Gasteiger charge is -2.24. The summed E-state index contributed by atoms with van der Waals surface area (Å²) in [6, 6.07) is -0.0278. The first-order chi connectivity index (χ1) is 12.3. The third-order valence-corrected chi connectivity index (χ3v) is 4.60. The van der Waals surface area contributed by atoms with Crippen LogP contribution < -0.4 is 16.0 Å². The zero-order chi connectivity index (χ0) is 19.6. The lowest BCUT2D eigenvalue weighted by atomic mass is 10.1. The average molecular weight is 384 g/mol. The second-order valence-corrected chi connectivity index (χ2v) is 8.21. The third-order valence-electron chi connectivity index (χ3n) is 3.45. The fourth-order valence-corrected chi connectivity index (χ4v) is 3.04. The van der Waals surface area contributed by atoms with Gasteiger partial charge in [-0.3, -0.25) is 4.99 Å². The molecule has 0 bridgehead atoms. The van der Waals surface area contributed by atoms with E-state index < -0.39 is 11.7 Å². The van der Waals surface area contributed by atoms with E-state index in [-0.39, 0.29) is 6.04 Å². The van der Waals surface area contributed by atoms with Crippen molar-refractivity contribution in [2.75, 3.05) is 13.6 Å². The topological polar surface area (TPSA) is 87.6 Å². The molecule has 1 amide bonds. The summed E-state index contributed by atoms with van der Waals surface area (Å²) in [6.45, 7) is 11.0. The molecule has 0 radical (unpaired) electrons. The number of guanidine groups is 1. The van der Waals surface area contributed by atoms with Gasteiger partial charge in [-0.1, -0.05) is 20.3 Å². The van der Waals surface area contributed by atoms with Gasteiger partial charge in [-0.05, 0) is 33.6 Å². The van der Waals surface area contributed by atoms with Crippen molar-refractivity contribution in [2.45, 2.75) is 72.1 Å². The van der Waals surface area contributed by atoms with Crippen LogP contribution in [0.15, 0.2) is 11.2 Å². The number of ether oxygens (including phenoxy) is 1. The second kappa shape index (κ2) is 11.0. The molecule has 0 saturated heterocycles. The first-order valence-corrected chi connectivity index (χ1v) is 9.96. The van der Waals surface area contributed by atoms with Crippen LogP contribution in [0.25, 0.3) is 0 Å². The molecule has 1 rings (SSSR count). The molecule has 1 aromatic rings. The van der Waals surface area contributed by atoms with Crippen LogP contribution >= 0.6 is 11.3 Å². The van der Waals surface area contributed by atoms with Crippen molar-refractivity contribution in [3.05, 3.63) is 16.1 Å². The minimum absolute atomic E-state index is 0.0278. The number of aromatic nitrogens is 1. The van der Waals surface area contributed by atoms with Crippen molar-refractivity contribution in [1.29, 1.82) is 0 Å². The van der Waals surface area contributed by atoms with Gasteiger partial charge in [0.2, 0.25) is 0 Å². The van der Waals surface area contributed by atoms with E-state index in [1.165, 1.54) is 4.88 Å². The Hall–Kier alpha value is -1.83. The number of hydrogen-bond donors (Lipinski definition) is 3. The standard InChI is InChI=1S/C18H33N5O2S/c1-7-9-13(23-17(24)25-18(3,4)5)10-21-16(19-6)22-12-15-20-11-14(8-2)26-15/h11,13H,7-10,12H2,1-6H3,(H,23,24)(H2,19,21,22). The van der Waals surface area contributed by atoms with E-state index in [2.05, 4.69) is 39.8 Å². The number of thiazole rings is 1. The monoisotopic (exact) mass is 383 g/mol. The summed E-state index contributed by atoms with van der Waals surface area (Å²) in [7, 11) is 1.73.